The minimum absolute atomic E-state index is 0.0123. The van der Waals surface area contributed by atoms with Crippen LogP contribution in [0.25, 0.3) is 0 Å². The van der Waals surface area contributed by atoms with Gasteiger partial charge in [-0.3, -0.25) is 9.89 Å². The van der Waals surface area contributed by atoms with Crippen molar-refractivity contribution in [3.05, 3.63) is 47.8 Å². The molecule has 0 saturated heterocycles. The quantitative estimate of drug-likeness (QED) is 0.849. The second-order valence-electron chi connectivity index (χ2n) is 4.25. The van der Waals surface area contributed by atoms with Gasteiger partial charge in [0.25, 0.3) is 5.91 Å². The highest BCUT2D eigenvalue weighted by Crippen LogP contribution is 2.27. The van der Waals surface area contributed by atoms with Crippen LogP contribution in [0.1, 0.15) is 15.9 Å². The Balaban J connectivity index is 1.56. The van der Waals surface area contributed by atoms with Crippen molar-refractivity contribution in [2.45, 2.75) is 12.5 Å². The number of nitrogens with one attached hydrogen (secondary N) is 2. The molecule has 18 heavy (non-hydrogen) atoms. The zero-order chi connectivity index (χ0) is 12.4. The fourth-order valence-electron chi connectivity index (χ4n) is 2.05. The number of rotatable bonds is 3. The molecule has 1 unspecified atom stereocenters. The first-order valence-electron chi connectivity index (χ1n) is 5.84. The molecule has 0 saturated carbocycles. The van der Waals surface area contributed by atoms with Crippen molar-refractivity contribution in [2.24, 2.45) is 0 Å². The Hall–Kier alpha value is -2.30. The number of hydrogen-bond donors (Lipinski definition) is 2. The SMILES string of the molecule is O=C(NCC1Cc2ccccc2O1)c1cn[nH]c1. The van der Waals surface area contributed by atoms with E-state index in [1.807, 2.05) is 24.3 Å². The van der Waals surface area contributed by atoms with E-state index < -0.39 is 0 Å². The third kappa shape index (κ3) is 2.07. The third-order valence-corrected chi connectivity index (χ3v) is 2.96. The number of aromatic amines is 1. The van der Waals surface area contributed by atoms with Crippen molar-refractivity contribution in [2.75, 3.05) is 6.54 Å². The third-order valence-electron chi connectivity index (χ3n) is 2.96. The zero-order valence-corrected chi connectivity index (χ0v) is 9.72. The molecule has 1 aromatic heterocycles. The van der Waals surface area contributed by atoms with Gasteiger partial charge in [-0.05, 0) is 11.6 Å². The van der Waals surface area contributed by atoms with E-state index in [2.05, 4.69) is 15.5 Å². The van der Waals surface area contributed by atoms with Crippen molar-refractivity contribution in [3.8, 4) is 5.75 Å². The van der Waals surface area contributed by atoms with Crippen LogP contribution in [-0.2, 0) is 6.42 Å². The molecule has 0 aliphatic carbocycles. The lowest BCUT2D eigenvalue weighted by Gasteiger charge is -2.11. The highest BCUT2D eigenvalue weighted by molar-refractivity contribution is 5.93. The number of fused-ring (bicyclic) bond motifs is 1. The molecule has 1 aliphatic rings. The van der Waals surface area contributed by atoms with Gasteiger partial charge in [0.1, 0.15) is 11.9 Å². The Morgan fingerprint density at radius 3 is 3.17 bits per heavy atom. The van der Waals surface area contributed by atoms with Crippen LogP contribution in [0.5, 0.6) is 5.75 Å². The summed E-state index contributed by atoms with van der Waals surface area (Å²) in [7, 11) is 0. The molecule has 2 aromatic rings. The monoisotopic (exact) mass is 243 g/mol. The van der Waals surface area contributed by atoms with Gasteiger partial charge >= 0.3 is 0 Å². The molecule has 92 valence electrons. The summed E-state index contributed by atoms with van der Waals surface area (Å²) >= 11 is 0. The molecule has 0 spiro atoms. The molecule has 5 nitrogen and oxygen atoms in total. The Morgan fingerprint density at radius 2 is 2.39 bits per heavy atom. The molecule has 0 fully saturated rings. The van der Waals surface area contributed by atoms with E-state index in [1.165, 1.54) is 11.8 Å². The van der Waals surface area contributed by atoms with Gasteiger partial charge in [0, 0.05) is 12.6 Å². The van der Waals surface area contributed by atoms with Crippen LogP contribution in [0.4, 0.5) is 0 Å². The molecule has 1 aromatic carbocycles. The molecule has 0 bridgehead atoms. The van der Waals surface area contributed by atoms with E-state index in [4.69, 9.17) is 4.74 Å². The average molecular weight is 243 g/mol. The van der Waals surface area contributed by atoms with E-state index in [0.29, 0.717) is 12.1 Å². The summed E-state index contributed by atoms with van der Waals surface area (Å²) in [6, 6.07) is 7.94. The van der Waals surface area contributed by atoms with Crippen molar-refractivity contribution < 1.29 is 9.53 Å². The van der Waals surface area contributed by atoms with Gasteiger partial charge in [0.2, 0.25) is 0 Å². The predicted molar refractivity (Wildman–Crippen MR) is 65.5 cm³/mol. The lowest BCUT2D eigenvalue weighted by atomic mass is 10.1. The number of amides is 1. The van der Waals surface area contributed by atoms with Crippen molar-refractivity contribution in [1.82, 2.24) is 15.5 Å². The van der Waals surface area contributed by atoms with Crippen LogP contribution in [0.15, 0.2) is 36.7 Å². The Morgan fingerprint density at radius 1 is 1.50 bits per heavy atom. The average Bonchev–Trinajstić information content (AvgIpc) is 3.04. The van der Waals surface area contributed by atoms with Gasteiger partial charge in [-0.1, -0.05) is 18.2 Å². The fraction of sp³-hybridized carbons (Fsp3) is 0.231. The summed E-state index contributed by atoms with van der Waals surface area (Å²) in [5.74, 6) is 0.781. The van der Waals surface area contributed by atoms with Crippen LogP contribution >= 0.6 is 0 Å². The Labute approximate surface area is 104 Å². The number of benzene rings is 1. The lowest BCUT2D eigenvalue weighted by Crippen LogP contribution is -2.34. The van der Waals surface area contributed by atoms with E-state index in [0.717, 1.165) is 12.2 Å². The molecule has 1 amide bonds. The smallest absolute Gasteiger partial charge is 0.254 e. The van der Waals surface area contributed by atoms with Gasteiger partial charge in [0.05, 0.1) is 18.3 Å². The molecule has 2 heterocycles. The molecule has 5 heteroatoms. The number of para-hydroxylation sites is 1. The van der Waals surface area contributed by atoms with Crippen LogP contribution < -0.4 is 10.1 Å². The van der Waals surface area contributed by atoms with Crippen LogP contribution in [-0.4, -0.2) is 28.8 Å². The predicted octanol–water partition coefficient (Wildman–Crippen LogP) is 1.14. The topological polar surface area (TPSA) is 67.0 Å². The van der Waals surface area contributed by atoms with Crippen LogP contribution in [0.3, 0.4) is 0 Å². The molecular formula is C13H13N3O2. The maximum absolute atomic E-state index is 11.7. The first-order chi connectivity index (χ1) is 8.83. The fourth-order valence-corrected chi connectivity index (χ4v) is 2.05. The maximum Gasteiger partial charge on any atom is 0.254 e. The summed E-state index contributed by atoms with van der Waals surface area (Å²) in [5, 5.41) is 9.19. The summed E-state index contributed by atoms with van der Waals surface area (Å²) in [6.07, 6.45) is 3.92. The second kappa shape index (κ2) is 4.52. The molecule has 2 N–H and O–H groups in total. The van der Waals surface area contributed by atoms with E-state index in [9.17, 15) is 4.79 Å². The maximum atomic E-state index is 11.7. The summed E-state index contributed by atoms with van der Waals surface area (Å²) < 4.78 is 5.74. The minimum Gasteiger partial charge on any atom is -0.488 e. The summed E-state index contributed by atoms with van der Waals surface area (Å²) in [4.78, 5) is 11.7. The van der Waals surface area contributed by atoms with E-state index >= 15 is 0 Å². The number of nitrogens with zero attached hydrogens (tertiary/aromatic N) is 1. The number of ether oxygens (including phenoxy) is 1. The van der Waals surface area contributed by atoms with E-state index in [1.54, 1.807) is 6.20 Å². The number of hydrogen-bond acceptors (Lipinski definition) is 3. The van der Waals surface area contributed by atoms with Gasteiger partial charge in [-0.15, -0.1) is 0 Å². The van der Waals surface area contributed by atoms with Crippen molar-refractivity contribution in [1.29, 1.82) is 0 Å². The van der Waals surface area contributed by atoms with Gasteiger partial charge < -0.3 is 10.1 Å². The van der Waals surface area contributed by atoms with Gasteiger partial charge in [-0.25, -0.2) is 0 Å². The molecule has 3 rings (SSSR count). The van der Waals surface area contributed by atoms with Crippen molar-refractivity contribution >= 4 is 5.91 Å². The molecule has 0 radical (unpaired) electrons. The number of aromatic nitrogens is 2. The lowest BCUT2D eigenvalue weighted by molar-refractivity contribution is 0.0933. The normalized spacial score (nSPS) is 17.0. The Bertz CT molecular complexity index is 526. The molecular weight excluding hydrogens is 230 g/mol. The number of carbonyl (C=O) groups is 1. The largest absolute Gasteiger partial charge is 0.488 e. The van der Waals surface area contributed by atoms with Crippen LogP contribution in [0, 0.1) is 0 Å². The van der Waals surface area contributed by atoms with Gasteiger partial charge in [0.15, 0.2) is 0 Å². The molecule has 1 aliphatic heterocycles. The standard InChI is InChI=1S/C13H13N3O2/c17-13(10-6-15-16-7-10)14-8-11-5-9-3-1-2-4-12(9)18-11/h1-4,6-7,11H,5,8H2,(H,14,17)(H,15,16). The Kier molecular flexibility index (Phi) is 2.72. The second-order valence-corrected chi connectivity index (χ2v) is 4.25. The first-order valence-corrected chi connectivity index (χ1v) is 5.84. The van der Waals surface area contributed by atoms with Crippen molar-refractivity contribution in [3.63, 3.8) is 0 Å². The van der Waals surface area contributed by atoms with Gasteiger partial charge in [-0.2, -0.15) is 5.10 Å². The number of H-pyrrole nitrogens is 1. The summed E-state index contributed by atoms with van der Waals surface area (Å²) in [6.45, 7) is 0.499. The first kappa shape index (κ1) is 10.8. The highest BCUT2D eigenvalue weighted by atomic mass is 16.5. The zero-order valence-electron chi connectivity index (χ0n) is 9.72. The summed E-state index contributed by atoms with van der Waals surface area (Å²) in [5.41, 5.74) is 1.73. The number of carbonyl (C=O) groups excluding carboxylic acids is 1. The minimum atomic E-state index is -0.136. The molecule has 1 atom stereocenters. The van der Waals surface area contributed by atoms with E-state index in [-0.39, 0.29) is 12.0 Å². The van der Waals surface area contributed by atoms with Crippen LogP contribution in [0.2, 0.25) is 0 Å². The highest BCUT2D eigenvalue weighted by Gasteiger charge is 2.22.